The van der Waals surface area contributed by atoms with E-state index in [1.165, 1.54) is 11.4 Å². The van der Waals surface area contributed by atoms with Gasteiger partial charge in [-0.05, 0) is 24.8 Å². The van der Waals surface area contributed by atoms with Gasteiger partial charge in [0.05, 0.1) is 5.69 Å². The lowest BCUT2D eigenvalue weighted by Crippen LogP contribution is -1.93. The van der Waals surface area contributed by atoms with Crippen molar-refractivity contribution in [1.29, 1.82) is 0 Å². The lowest BCUT2D eigenvalue weighted by molar-refractivity contribution is 0.633. The van der Waals surface area contributed by atoms with Crippen molar-refractivity contribution in [3.63, 3.8) is 0 Å². The summed E-state index contributed by atoms with van der Waals surface area (Å²) in [6.07, 6.45) is 2.13. The number of hydrogen-bond acceptors (Lipinski definition) is 1. The minimum atomic E-state index is 0.708. The summed E-state index contributed by atoms with van der Waals surface area (Å²) in [6, 6.07) is 2.15. The maximum atomic E-state index is 4.16. The summed E-state index contributed by atoms with van der Waals surface area (Å²) in [4.78, 5) is 0. The fourth-order valence-corrected chi connectivity index (χ4v) is 1.13. The molecule has 0 aliphatic heterocycles. The van der Waals surface area contributed by atoms with Crippen molar-refractivity contribution in [3.05, 3.63) is 17.5 Å². The average molecular weight is 152 g/mol. The Morgan fingerprint density at radius 2 is 2.27 bits per heavy atom. The Labute approximate surface area is 68.0 Å². The number of aromatic nitrogens is 2. The fourth-order valence-electron chi connectivity index (χ4n) is 1.13. The summed E-state index contributed by atoms with van der Waals surface area (Å²) in [7, 11) is 0. The largest absolute Gasteiger partial charge is 0.282 e. The second-order valence-electron chi connectivity index (χ2n) is 3.34. The van der Waals surface area contributed by atoms with Crippen molar-refractivity contribution in [2.45, 2.75) is 33.6 Å². The smallest absolute Gasteiger partial charge is 0.0622 e. The molecule has 0 spiro atoms. The number of aromatic amines is 1. The maximum Gasteiger partial charge on any atom is 0.0622 e. The lowest BCUT2D eigenvalue weighted by atomic mass is 10.1. The zero-order chi connectivity index (χ0) is 8.27. The van der Waals surface area contributed by atoms with Crippen LogP contribution in [0.3, 0.4) is 0 Å². The van der Waals surface area contributed by atoms with Crippen LogP contribution in [0.4, 0.5) is 0 Å². The summed E-state index contributed by atoms with van der Waals surface area (Å²) >= 11 is 0. The highest BCUT2D eigenvalue weighted by Crippen LogP contribution is 2.06. The second kappa shape index (κ2) is 3.56. The van der Waals surface area contributed by atoms with E-state index in [4.69, 9.17) is 0 Å². The molecule has 0 aromatic carbocycles. The molecule has 0 atom stereocenters. The average Bonchev–Trinajstić information content (AvgIpc) is 2.34. The third kappa shape index (κ3) is 2.37. The standard InChI is InChI=1S/C9H16N2/c1-4-8-6-9(11-10-8)5-7(2)3/h6-7H,4-5H2,1-3H3,(H,10,11). The van der Waals surface area contributed by atoms with Crippen LogP contribution >= 0.6 is 0 Å². The molecule has 1 aromatic rings. The Hall–Kier alpha value is -0.790. The van der Waals surface area contributed by atoms with Crippen LogP contribution in [0.15, 0.2) is 6.07 Å². The molecule has 0 amide bonds. The molecule has 62 valence electrons. The molecule has 1 rings (SSSR count). The monoisotopic (exact) mass is 152 g/mol. The number of nitrogens with zero attached hydrogens (tertiary/aromatic N) is 1. The van der Waals surface area contributed by atoms with Gasteiger partial charge in [-0.2, -0.15) is 5.10 Å². The first kappa shape index (κ1) is 8.31. The lowest BCUT2D eigenvalue weighted by Gasteiger charge is -1.98. The van der Waals surface area contributed by atoms with Gasteiger partial charge in [-0.1, -0.05) is 20.8 Å². The van der Waals surface area contributed by atoms with E-state index in [0.717, 1.165) is 12.8 Å². The Morgan fingerprint density at radius 3 is 2.73 bits per heavy atom. The van der Waals surface area contributed by atoms with Gasteiger partial charge in [0.2, 0.25) is 0 Å². The highest BCUT2D eigenvalue weighted by Gasteiger charge is 2.00. The predicted molar refractivity (Wildman–Crippen MR) is 46.5 cm³/mol. The van der Waals surface area contributed by atoms with Crippen LogP contribution in [0.25, 0.3) is 0 Å². The Balaban J connectivity index is 2.58. The van der Waals surface area contributed by atoms with Crippen LogP contribution in [0.1, 0.15) is 32.2 Å². The first-order valence-electron chi connectivity index (χ1n) is 4.25. The Kier molecular flexibility index (Phi) is 2.69. The minimum absolute atomic E-state index is 0.708. The summed E-state index contributed by atoms with van der Waals surface area (Å²) in [5.74, 6) is 0.708. The number of rotatable bonds is 3. The molecular formula is C9H16N2. The quantitative estimate of drug-likeness (QED) is 0.706. The van der Waals surface area contributed by atoms with Gasteiger partial charge in [0.1, 0.15) is 0 Å². The van der Waals surface area contributed by atoms with Gasteiger partial charge in [-0.3, -0.25) is 5.10 Å². The van der Waals surface area contributed by atoms with E-state index in [-0.39, 0.29) is 0 Å². The van der Waals surface area contributed by atoms with Crippen LogP contribution in [0.5, 0.6) is 0 Å². The van der Waals surface area contributed by atoms with E-state index in [2.05, 4.69) is 37.0 Å². The van der Waals surface area contributed by atoms with E-state index in [1.54, 1.807) is 0 Å². The van der Waals surface area contributed by atoms with E-state index < -0.39 is 0 Å². The molecule has 0 aliphatic carbocycles. The molecular weight excluding hydrogens is 136 g/mol. The molecule has 0 saturated heterocycles. The van der Waals surface area contributed by atoms with Crippen molar-refractivity contribution in [3.8, 4) is 0 Å². The molecule has 0 bridgehead atoms. The number of H-pyrrole nitrogens is 1. The van der Waals surface area contributed by atoms with Crippen molar-refractivity contribution in [1.82, 2.24) is 10.2 Å². The van der Waals surface area contributed by atoms with E-state index in [9.17, 15) is 0 Å². The third-order valence-corrected chi connectivity index (χ3v) is 1.67. The molecule has 2 nitrogen and oxygen atoms in total. The Morgan fingerprint density at radius 1 is 1.55 bits per heavy atom. The first-order chi connectivity index (χ1) is 5.22. The maximum absolute atomic E-state index is 4.16. The van der Waals surface area contributed by atoms with Gasteiger partial charge in [0, 0.05) is 5.69 Å². The molecule has 0 aliphatic rings. The van der Waals surface area contributed by atoms with Crippen molar-refractivity contribution in [2.24, 2.45) is 5.92 Å². The highest BCUT2D eigenvalue weighted by atomic mass is 15.1. The minimum Gasteiger partial charge on any atom is -0.282 e. The van der Waals surface area contributed by atoms with Gasteiger partial charge >= 0.3 is 0 Å². The van der Waals surface area contributed by atoms with Gasteiger partial charge in [0.15, 0.2) is 0 Å². The number of aryl methyl sites for hydroxylation is 1. The van der Waals surface area contributed by atoms with Crippen molar-refractivity contribution >= 4 is 0 Å². The topological polar surface area (TPSA) is 28.7 Å². The van der Waals surface area contributed by atoms with Crippen LogP contribution in [-0.2, 0) is 12.8 Å². The molecule has 2 heteroatoms. The molecule has 1 N–H and O–H groups in total. The SMILES string of the molecule is CCc1cc(CC(C)C)[nH]n1. The zero-order valence-corrected chi connectivity index (χ0v) is 7.52. The van der Waals surface area contributed by atoms with Gasteiger partial charge in [-0.15, -0.1) is 0 Å². The molecule has 1 heterocycles. The molecule has 0 radical (unpaired) electrons. The van der Waals surface area contributed by atoms with E-state index in [0.29, 0.717) is 5.92 Å². The Bertz CT molecular complexity index is 213. The van der Waals surface area contributed by atoms with Gasteiger partial charge in [-0.25, -0.2) is 0 Å². The molecule has 1 aromatic heterocycles. The zero-order valence-electron chi connectivity index (χ0n) is 7.52. The van der Waals surface area contributed by atoms with Crippen molar-refractivity contribution in [2.75, 3.05) is 0 Å². The number of hydrogen-bond donors (Lipinski definition) is 1. The first-order valence-corrected chi connectivity index (χ1v) is 4.25. The summed E-state index contributed by atoms with van der Waals surface area (Å²) in [5.41, 5.74) is 2.43. The molecule has 0 saturated carbocycles. The summed E-state index contributed by atoms with van der Waals surface area (Å²) in [5, 5.41) is 7.20. The van der Waals surface area contributed by atoms with E-state index in [1.807, 2.05) is 0 Å². The van der Waals surface area contributed by atoms with E-state index >= 15 is 0 Å². The van der Waals surface area contributed by atoms with Crippen LogP contribution < -0.4 is 0 Å². The highest BCUT2D eigenvalue weighted by molar-refractivity contribution is 5.08. The molecule has 11 heavy (non-hydrogen) atoms. The molecule has 0 unspecified atom stereocenters. The summed E-state index contributed by atoms with van der Waals surface area (Å²) < 4.78 is 0. The summed E-state index contributed by atoms with van der Waals surface area (Å²) in [6.45, 7) is 6.55. The van der Waals surface area contributed by atoms with Crippen LogP contribution in [0.2, 0.25) is 0 Å². The molecule has 0 fully saturated rings. The van der Waals surface area contributed by atoms with Gasteiger partial charge < -0.3 is 0 Å². The van der Waals surface area contributed by atoms with Crippen molar-refractivity contribution < 1.29 is 0 Å². The predicted octanol–water partition coefficient (Wildman–Crippen LogP) is 2.17. The normalized spacial score (nSPS) is 10.9. The third-order valence-electron chi connectivity index (χ3n) is 1.67. The fraction of sp³-hybridized carbons (Fsp3) is 0.667. The number of nitrogens with one attached hydrogen (secondary N) is 1. The van der Waals surface area contributed by atoms with Crippen LogP contribution in [-0.4, -0.2) is 10.2 Å². The van der Waals surface area contributed by atoms with Gasteiger partial charge in [0.25, 0.3) is 0 Å². The van der Waals surface area contributed by atoms with Crippen LogP contribution in [0, 0.1) is 5.92 Å². The second-order valence-corrected chi connectivity index (χ2v) is 3.34.